The molecule has 0 aliphatic carbocycles. The van der Waals surface area contributed by atoms with Gasteiger partial charge < -0.3 is 15.4 Å². The largest absolute Gasteiger partial charge is 0.494 e. The van der Waals surface area contributed by atoms with Crippen LogP contribution in [0.25, 0.3) is 0 Å². The molecule has 0 fully saturated rings. The van der Waals surface area contributed by atoms with Crippen LogP contribution in [0.15, 0.2) is 48.5 Å². The number of hydrogen-bond acceptors (Lipinski definition) is 2. The average Bonchev–Trinajstić information content (AvgIpc) is 2.53. The molecule has 0 unspecified atom stereocenters. The van der Waals surface area contributed by atoms with E-state index in [9.17, 15) is 4.79 Å². The van der Waals surface area contributed by atoms with Gasteiger partial charge in [0.25, 0.3) is 0 Å². The number of unbranched alkanes of at least 4 members (excludes halogenated alkanes) is 2. The second-order valence-electron chi connectivity index (χ2n) is 5.17. The molecule has 0 aliphatic rings. The van der Waals surface area contributed by atoms with Gasteiger partial charge in [-0.15, -0.1) is 0 Å². The molecule has 4 nitrogen and oxygen atoms in total. The van der Waals surface area contributed by atoms with Gasteiger partial charge >= 0.3 is 6.03 Å². The molecule has 0 radical (unpaired) electrons. The van der Waals surface area contributed by atoms with E-state index in [-0.39, 0.29) is 6.03 Å². The van der Waals surface area contributed by atoms with Crippen LogP contribution in [-0.4, -0.2) is 12.6 Å². The number of amides is 2. The SMILES string of the molecule is CCCCCOc1ccc(NC(=O)Nc2cccc(Cl)c2)cc1. The van der Waals surface area contributed by atoms with Crippen LogP contribution in [0.2, 0.25) is 5.02 Å². The van der Waals surface area contributed by atoms with Crippen molar-refractivity contribution in [1.29, 1.82) is 0 Å². The third-order valence-electron chi connectivity index (χ3n) is 3.21. The summed E-state index contributed by atoms with van der Waals surface area (Å²) in [6.45, 7) is 2.88. The number of carbonyl (C=O) groups excluding carboxylic acids is 1. The molecule has 2 amide bonds. The van der Waals surface area contributed by atoms with Crippen LogP contribution in [0.3, 0.4) is 0 Å². The van der Waals surface area contributed by atoms with Crippen molar-refractivity contribution in [3.8, 4) is 5.75 Å². The number of ether oxygens (including phenoxy) is 1. The predicted molar refractivity (Wildman–Crippen MR) is 95.6 cm³/mol. The van der Waals surface area contributed by atoms with Gasteiger partial charge in [-0.25, -0.2) is 4.79 Å². The maximum Gasteiger partial charge on any atom is 0.323 e. The quantitative estimate of drug-likeness (QED) is 0.653. The van der Waals surface area contributed by atoms with Crippen LogP contribution in [0.4, 0.5) is 16.2 Å². The van der Waals surface area contributed by atoms with Crippen molar-refractivity contribution in [2.75, 3.05) is 17.2 Å². The van der Waals surface area contributed by atoms with Crippen molar-refractivity contribution in [2.24, 2.45) is 0 Å². The molecular formula is C18H21ClN2O2. The summed E-state index contributed by atoms with van der Waals surface area (Å²) >= 11 is 5.88. The lowest BCUT2D eigenvalue weighted by Gasteiger charge is -2.09. The van der Waals surface area contributed by atoms with Crippen LogP contribution in [-0.2, 0) is 0 Å². The lowest BCUT2D eigenvalue weighted by atomic mass is 10.2. The number of hydrogen-bond donors (Lipinski definition) is 2. The Morgan fingerprint density at radius 3 is 2.48 bits per heavy atom. The monoisotopic (exact) mass is 332 g/mol. The predicted octanol–water partition coefficient (Wildman–Crippen LogP) is 5.55. The summed E-state index contributed by atoms with van der Waals surface area (Å²) in [5, 5.41) is 6.07. The smallest absolute Gasteiger partial charge is 0.323 e. The van der Waals surface area contributed by atoms with E-state index in [1.54, 1.807) is 24.3 Å². The molecule has 5 heteroatoms. The number of nitrogens with one attached hydrogen (secondary N) is 2. The minimum absolute atomic E-state index is 0.316. The topological polar surface area (TPSA) is 50.4 Å². The van der Waals surface area contributed by atoms with Crippen molar-refractivity contribution < 1.29 is 9.53 Å². The second-order valence-corrected chi connectivity index (χ2v) is 5.61. The van der Waals surface area contributed by atoms with Crippen LogP contribution in [0.1, 0.15) is 26.2 Å². The van der Waals surface area contributed by atoms with Crippen LogP contribution in [0, 0.1) is 0 Å². The third-order valence-corrected chi connectivity index (χ3v) is 3.45. The number of carbonyl (C=O) groups is 1. The maximum absolute atomic E-state index is 11.9. The fourth-order valence-electron chi connectivity index (χ4n) is 2.04. The summed E-state index contributed by atoms with van der Waals surface area (Å²) in [5.74, 6) is 0.807. The molecule has 23 heavy (non-hydrogen) atoms. The van der Waals surface area contributed by atoms with E-state index in [0.717, 1.165) is 18.8 Å². The number of rotatable bonds is 7. The molecular weight excluding hydrogens is 312 g/mol. The highest BCUT2D eigenvalue weighted by Gasteiger charge is 2.03. The van der Waals surface area contributed by atoms with Gasteiger partial charge in [-0.05, 0) is 48.9 Å². The highest BCUT2D eigenvalue weighted by atomic mass is 35.5. The fourth-order valence-corrected chi connectivity index (χ4v) is 2.23. The first-order chi connectivity index (χ1) is 11.2. The Balaban J connectivity index is 1.81. The molecule has 0 heterocycles. The van der Waals surface area contributed by atoms with E-state index in [1.807, 2.05) is 24.3 Å². The van der Waals surface area contributed by atoms with Crippen molar-refractivity contribution in [1.82, 2.24) is 0 Å². The number of anilines is 2. The molecule has 0 aromatic heterocycles. The molecule has 0 aliphatic heterocycles. The first-order valence-corrected chi connectivity index (χ1v) is 8.11. The Morgan fingerprint density at radius 1 is 1.04 bits per heavy atom. The van der Waals surface area contributed by atoms with Crippen molar-refractivity contribution in [2.45, 2.75) is 26.2 Å². The van der Waals surface area contributed by atoms with Crippen LogP contribution < -0.4 is 15.4 Å². The zero-order valence-electron chi connectivity index (χ0n) is 13.1. The number of benzene rings is 2. The molecule has 2 aromatic carbocycles. The Morgan fingerprint density at radius 2 is 1.78 bits per heavy atom. The summed E-state index contributed by atoms with van der Waals surface area (Å²) in [5.41, 5.74) is 1.34. The number of urea groups is 1. The van der Waals surface area contributed by atoms with Gasteiger partial charge in [0, 0.05) is 16.4 Å². The van der Waals surface area contributed by atoms with Gasteiger partial charge in [-0.1, -0.05) is 37.4 Å². The van der Waals surface area contributed by atoms with Gasteiger partial charge in [-0.3, -0.25) is 0 Å². The zero-order chi connectivity index (χ0) is 16.5. The van der Waals surface area contributed by atoms with E-state index >= 15 is 0 Å². The molecule has 2 aromatic rings. The fraction of sp³-hybridized carbons (Fsp3) is 0.278. The third kappa shape index (κ3) is 6.20. The van der Waals surface area contributed by atoms with Gasteiger partial charge in [0.15, 0.2) is 0 Å². The van der Waals surface area contributed by atoms with E-state index < -0.39 is 0 Å². The highest BCUT2D eigenvalue weighted by Crippen LogP contribution is 2.18. The minimum atomic E-state index is -0.316. The first kappa shape index (κ1) is 17.2. The minimum Gasteiger partial charge on any atom is -0.494 e. The number of halogens is 1. The Hall–Kier alpha value is -2.20. The maximum atomic E-state index is 11.9. The summed E-state index contributed by atoms with van der Waals surface area (Å²) < 4.78 is 5.63. The normalized spacial score (nSPS) is 10.2. The summed E-state index contributed by atoms with van der Waals surface area (Å²) in [6, 6.07) is 14.0. The van der Waals surface area contributed by atoms with Gasteiger partial charge in [0.1, 0.15) is 5.75 Å². The molecule has 0 saturated heterocycles. The van der Waals surface area contributed by atoms with E-state index in [0.29, 0.717) is 16.4 Å². The van der Waals surface area contributed by atoms with Gasteiger partial charge in [-0.2, -0.15) is 0 Å². The second kappa shape index (κ2) is 9.06. The van der Waals surface area contributed by atoms with Gasteiger partial charge in [0.05, 0.1) is 6.61 Å². The molecule has 2 rings (SSSR count). The first-order valence-electron chi connectivity index (χ1n) is 7.74. The highest BCUT2D eigenvalue weighted by molar-refractivity contribution is 6.30. The van der Waals surface area contributed by atoms with Crippen LogP contribution in [0.5, 0.6) is 5.75 Å². The lowest BCUT2D eigenvalue weighted by Crippen LogP contribution is -2.19. The molecule has 2 N–H and O–H groups in total. The van der Waals surface area contributed by atoms with Crippen molar-refractivity contribution >= 4 is 29.0 Å². The summed E-state index contributed by atoms with van der Waals surface area (Å²) in [6.07, 6.45) is 3.40. The molecule has 122 valence electrons. The van der Waals surface area contributed by atoms with Crippen molar-refractivity contribution in [3.63, 3.8) is 0 Å². The molecule has 0 atom stereocenters. The average molecular weight is 333 g/mol. The van der Waals surface area contributed by atoms with E-state index in [2.05, 4.69) is 17.6 Å². The van der Waals surface area contributed by atoms with Crippen molar-refractivity contribution in [3.05, 3.63) is 53.6 Å². The Bertz CT molecular complexity index is 629. The lowest BCUT2D eigenvalue weighted by molar-refractivity contribution is 0.262. The van der Waals surface area contributed by atoms with E-state index in [1.165, 1.54) is 12.8 Å². The van der Waals surface area contributed by atoms with Gasteiger partial charge in [0.2, 0.25) is 0 Å². The Labute approximate surface area is 141 Å². The zero-order valence-corrected chi connectivity index (χ0v) is 13.9. The molecule has 0 saturated carbocycles. The Kier molecular flexibility index (Phi) is 6.76. The summed E-state index contributed by atoms with van der Waals surface area (Å²) in [7, 11) is 0. The summed E-state index contributed by atoms with van der Waals surface area (Å²) in [4.78, 5) is 11.9. The molecule has 0 spiro atoms. The van der Waals surface area contributed by atoms with E-state index in [4.69, 9.17) is 16.3 Å². The standard InChI is InChI=1S/C18H21ClN2O2/c1-2-3-4-12-23-17-10-8-15(9-11-17)20-18(22)21-16-7-5-6-14(19)13-16/h5-11,13H,2-4,12H2,1H3,(H2,20,21,22). The molecule has 0 bridgehead atoms. The van der Waals surface area contributed by atoms with Crippen LogP contribution >= 0.6 is 11.6 Å².